The number of hydrogen-bond donors (Lipinski definition) is 0. The van der Waals surface area contributed by atoms with Crippen molar-refractivity contribution in [2.24, 2.45) is 0 Å². The first-order valence-corrected chi connectivity index (χ1v) is 9.77. The van der Waals surface area contributed by atoms with Crippen LogP contribution in [-0.2, 0) is 4.74 Å². The highest BCUT2D eigenvalue weighted by Crippen LogP contribution is 2.38. The minimum absolute atomic E-state index is 0.0473. The molecule has 0 unspecified atom stereocenters. The van der Waals surface area contributed by atoms with Crippen LogP contribution >= 0.6 is 0 Å². The molecule has 1 aliphatic heterocycles. The van der Waals surface area contributed by atoms with Crippen LogP contribution in [0.3, 0.4) is 0 Å². The molecular formula is C22H19F4N3O2. The average Bonchev–Trinajstić information content (AvgIpc) is 2.77. The predicted molar refractivity (Wildman–Crippen MR) is 107 cm³/mol. The zero-order valence-corrected chi connectivity index (χ0v) is 16.6. The van der Waals surface area contributed by atoms with Gasteiger partial charge in [0.2, 0.25) is 0 Å². The topological polar surface area (TPSA) is 55.3 Å². The zero-order chi connectivity index (χ0) is 22.2. The van der Waals surface area contributed by atoms with Crippen molar-refractivity contribution in [2.45, 2.75) is 31.5 Å². The number of methoxy groups -OCH3 is 1. The van der Waals surface area contributed by atoms with Crippen LogP contribution in [0.4, 0.5) is 23.4 Å². The maximum Gasteiger partial charge on any atom is 0.408 e. The molecule has 1 atom stereocenters. The van der Waals surface area contributed by atoms with Gasteiger partial charge in [0.05, 0.1) is 23.7 Å². The molecule has 9 heteroatoms. The molecule has 1 saturated heterocycles. The Bertz CT molecular complexity index is 1120. The van der Waals surface area contributed by atoms with E-state index in [1.165, 1.54) is 48.4 Å². The lowest BCUT2D eigenvalue weighted by atomic mass is 10.0. The molecule has 0 spiro atoms. The molecular weight excluding hydrogens is 414 g/mol. The van der Waals surface area contributed by atoms with Gasteiger partial charge in [-0.05, 0) is 61.7 Å². The fourth-order valence-corrected chi connectivity index (χ4v) is 3.82. The first kappa shape index (κ1) is 21.0. The highest BCUT2D eigenvalue weighted by atomic mass is 19.4. The van der Waals surface area contributed by atoms with Crippen LogP contribution in [0, 0.1) is 5.82 Å². The van der Waals surface area contributed by atoms with Crippen molar-refractivity contribution in [3.8, 4) is 11.3 Å². The molecule has 162 valence electrons. The fraction of sp³-hybridized carbons (Fsp3) is 0.318. The minimum atomic E-state index is -4.44. The first-order valence-electron chi connectivity index (χ1n) is 9.77. The Balaban J connectivity index is 1.93. The van der Waals surface area contributed by atoms with Crippen LogP contribution in [0.2, 0.25) is 0 Å². The van der Waals surface area contributed by atoms with Gasteiger partial charge in [0, 0.05) is 12.1 Å². The molecule has 0 N–H and O–H groups in total. The molecule has 3 aromatic rings. The molecule has 4 rings (SSSR count). The highest BCUT2D eigenvalue weighted by molar-refractivity contribution is 5.94. The number of hydrogen-bond acceptors (Lipinski definition) is 5. The lowest BCUT2D eigenvalue weighted by molar-refractivity contribution is -0.152. The first-order chi connectivity index (χ1) is 14.8. The van der Waals surface area contributed by atoms with Crippen LogP contribution in [0.15, 0.2) is 42.5 Å². The van der Waals surface area contributed by atoms with E-state index in [-0.39, 0.29) is 35.6 Å². The molecule has 1 aliphatic rings. The molecule has 31 heavy (non-hydrogen) atoms. The molecule has 2 heterocycles. The summed E-state index contributed by atoms with van der Waals surface area (Å²) in [5.74, 6) is -0.991. The van der Waals surface area contributed by atoms with E-state index in [0.29, 0.717) is 23.9 Å². The third kappa shape index (κ3) is 4.17. The van der Waals surface area contributed by atoms with Gasteiger partial charge in [-0.15, -0.1) is 0 Å². The standard InChI is InChI=1S/C22H19F4N3O2/c1-31-21(30)14-7-10-16-17(12-14)28-20(19(27-16)13-5-8-15(23)9-6-13)29-11-3-2-4-18(29)22(24,25)26/h5-10,12,18H,2-4,11H2,1H3/t18-/m1/s1. The van der Waals surface area contributed by atoms with Crippen molar-refractivity contribution in [3.63, 3.8) is 0 Å². The van der Waals surface area contributed by atoms with Crippen LogP contribution in [-0.4, -0.2) is 41.8 Å². The fourth-order valence-electron chi connectivity index (χ4n) is 3.82. The molecule has 0 bridgehead atoms. The van der Waals surface area contributed by atoms with Crippen molar-refractivity contribution in [2.75, 3.05) is 18.6 Å². The molecule has 1 aromatic heterocycles. The summed E-state index contributed by atoms with van der Waals surface area (Å²) in [6, 6.07) is 8.19. The van der Waals surface area contributed by atoms with Crippen molar-refractivity contribution in [1.82, 2.24) is 9.97 Å². The van der Waals surface area contributed by atoms with E-state index in [1.807, 2.05) is 0 Å². The Morgan fingerprint density at radius 1 is 1.06 bits per heavy atom. The Morgan fingerprint density at radius 3 is 2.48 bits per heavy atom. The number of carbonyl (C=O) groups is 1. The van der Waals surface area contributed by atoms with Gasteiger partial charge in [-0.1, -0.05) is 0 Å². The largest absolute Gasteiger partial charge is 0.465 e. The lowest BCUT2D eigenvalue weighted by Crippen LogP contribution is -2.49. The average molecular weight is 433 g/mol. The van der Waals surface area contributed by atoms with Crippen molar-refractivity contribution in [1.29, 1.82) is 0 Å². The van der Waals surface area contributed by atoms with E-state index in [9.17, 15) is 22.4 Å². The number of esters is 1. The second-order valence-electron chi connectivity index (χ2n) is 7.34. The molecule has 0 aliphatic carbocycles. The minimum Gasteiger partial charge on any atom is -0.465 e. The van der Waals surface area contributed by atoms with E-state index < -0.39 is 24.0 Å². The summed E-state index contributed by atoms with van der Waals surface area (Å²) in [6.45, 7) is 0.162. The summed E-state index contributed by atoms with van der Waals surface area (Å²) in [5.41, 5.74) is 1.58. The van der Waals surface area contributed by atoms with Gasteiger partial charge in [0.1, 0.15) is 17.6 Å². The zero-order valence-electron chi connectivity index (χ0n) is 16.6. The van der Waals surface area contributed by atoms with Crippen molar-refractivity contribution in [3.05, 3.63) is 53.8 Å². The third-order valence-electron chi connectivity index (χ3n) is 5.34. The Morgan fingerprint density at radius 2 is 1.81 bits per heavy atom. The van der Waals surface area contributed by atoms with Gasteiger partial charge in [0.25, 0.3) is 0 Å². The van der Waals surface area contributed by atoms with Gasteiger partial charge >= 0.3 is 12.1 Å². The van der Waals surface area contributed by atoms with Crippen LogP contribution in [0.1, 0.15) is 29.6 Å². The summed E-state index contributed by atoms with van der Waals surface area (Å²) in [4.78, 5) is 22.2. The maximum atomic E-state index is 13.8. The Labute approximate surface area is 175 Å². The van der Waals surface area contributed by atoms with Crippen LogP contribution in [0.25, 0.3) is 22.3 Å². The van der Waals surface area contributed by atoms with Gasteiger partial charge in [-0.25, -0.2) is 19.2 Å². The number of halogens is 4. The normalized spacial score (nSPS) is 17.1. The van der Waals surface area contributed by atoms with Crippen molar-refractivity contribution < 1.29 is 27.1 Å². The summed E-state index contributed by atoms with van der Waals surface area (Å²) >= 11 is 0. The SMILES string of the molecule is COC(=O)c1ccc2nc(-c3ccc(F)cc3)c(N3CCCC[C@@H]3C(F)(F)F)nc2c1. The number of rotatable bonds is 3. The van der Waals surface area contributed by atoms with E-state index in [1.54, 1.807) is 6.07 Å². The summed E-state index contributed by atoms with van der Waals surface area (Å²) in [5, 5.41) is 0. The molecule has 0 saturated carbocycles. The Hall–Kier alpha value is -3.23. The number of carbonyl (C=O) groups excluding carboxylic acids is 1. The van der Waals surface area contributed by atoms with Crippen molar-refractivity contribution >= 4 is 22.8 Å². The predicted octanol–water partition coefficient (Wildman–Crippen LogP) is 5.14. The molecule has 1 fully saturated rings. The quantitative estimate of drug-likeness (QED) is 0.423. The maximum absolute atomic E-state index is 13.8. The number of aromatic nitrogens is 2. The molecule has 0 amide bonds. The second kappa shape index (κ2) is 8.13. The number of fused-ring (bicyclic) bond motifs is 1. The van der Waals surface area contributed by atoms with Crippen LogP contribution < -0.4 is 4.90 Å². The number of nitrogens with zero attached hydrogens (tertiary/aromatic N) is 3. The Kier molecular flexibility index (Phi) is 5.51. The summed E-state index contributed by atoms with van der Waals surface area (Å²) in [6.07, 6.45) is -3.45. The monoisotopic (exact) mass is 433 g/mol. The molecule has 0 radical (unpaired) electrons. The molecule has 5 nitrogen and oxygen atoms in total. The molecule has 2 aromatic carbocycles. The van der Waals surface area contributed by atoms with Gasteiger partial charge in [0.15, 0.2) is 5.82 Å². The smallest absolute Gasteiger partial charge is 0.408 e. The number of ether oxygens (including phenoxy) is 1. The summed E-state index contributed by atoms with van der Waals surface area (Å²) < 4.78 is 59.5. The number of piperidine rings is 1. The highest BCUT2D eigenvalue weighted by Gasteiger charge is 2.45. The van der Waals surface area contributed by atoms with E-state index in [4.69, 9.17) is 4.74 Å². The number of anilines is 1. The summed E-state index contributed by atoms with van der Waals surface area (Å²) in [7, 11) is 1.24. The lowest BCUT2D eigenvalue weighted by Gasteiger charge is -2.38. The second-order valence-corrected chi connectivity index (χ2v) is 7.34. The number of alkyl halides is 3. The third-order valence-corrected chi connectivity index (χ3v) is 5.34. The van der Waals surface area contributed by atoms with Gasteiger partial charge < -0.3 is 9.64 Å². The van der Waals surface area contributed by atoms with Crippen LogP contribution in [0.5, 0.6) is 0 Å². The van der Waals surface area contributed by atoms with E-state index in [0.717, 1.165) is 0 Å². The van der Waals surface area contributed by atoms with E-state index in [2.05, 4.69) is 9.97 Å². The van der Waals surface area contributed by atoms with E-state index >= 15 is 0 Å². The van der Waals surface area contributed by atoms with Gasteiger partial charge in [-0.3, -0.25) is 0 Å². The van der Waals surface area contributed by atoms with Gasteiger partial charge in [-0.2, -0.15) is 13.2 Å². The number of benzene rings is 2.